The van der Waals surface area contributed by atoms with Crippen molar-refractivity contribution in [2.75, 3.05) is 0 Å². The number of hydrogen-bond donors (Lipinski definition) is 3. The summed E-state index contributed by atoms with van der Waals surface area (Å²) in [4.78, 5) is 38.2. The molecule has 0 aromatic carbocycles. The first-order valence-electron chi connectivity index (χ1n) is 9.37. The van der Waals surface area contributed by atoms with Crippen LogP contribution in [-0.4, -0.2) is 45.1 Å². The number of aliphatic carboxylic acids is 1. The molecule has 0 amide bonds. The van der Waals surface area contributed by atoms with Gasteiger partial charge in [-0.25, -0.2) is 4.79 Å². The molecule has 0 spiro atoms. The molecule has 0 bridgehead atoms. The first-order chi connectivity index (χ1) is 12.0. The highest BCUT2D eigenvalue weighted by molar-refractivity contribution is 6.17. The van der Waals surface area contributed by atoms with Crippen molar-refractivity contribution in [3.05, 3.63) is 11.1 Å². The van der Waals surface area contributed by atoms with Gasteiger partial charge in [0.2, 0.25) is 0 Å². The summed E-state index contributed by atoms with van der Waals surface area (Å²) < 4.78 is 0. The van der Waals surface area contributed by atoms with E-state index in [-0.39, 0.29) is 23.0 Å². The number of rotatable bonds is 2. The molecule has 3 rings (SSSR count). The van der Waals surface area contributed by atoms with Crippen molar-refractivity contribution in [1.29, 1.82) is 0 Å². The number of carbonyl (C=O) groups excluding carboxylic acids is 2. The van der Waals surface area contributed by atoms with E-state index in [1.165, 1.54) is 0 Å². The Balaban J connectivity index is 2.23. The quantitative estimate of drug-likeness (QED) is 0.643. The number of allylic oxidation sites excluding steroid dienone is 1. The summed E-state index contributed by atoms with van der Waals surface area (Å²) in [5.74, 6) is -3.67. The van der Waals surface area contributed by atoms with Crippen LogP contribution in [0, 0.1) is 28.6 Å². The van der Waals surface area contributed by atoms with E-state index in [9.17, 15) is 29.7 Å². The van der Waals surface area contributed by atoms with Gasteiger partial charge in [-0.2, -0.15) is 0 Å². The van der Waals surface area contributed by atoms with Crippen molar-refractivity contribution in [2.24, 2.45) is 28.6 Å². The molecule has 2 saturated carbocycles. The van der Waals surface area contributed by atoms with Crippen LogP contribution in [0.5, 0.6) is 0 Å². The van der Waals surface area contributed by atoms with Gasteiger partial charge in [0.1, 0.15) is 6.10 Å². The van der Waals surface area contributed by atoms with E-state index in [2.05, 4.69) is 0 Å². The molecule has 0 saturated heterocycles. The Morgan fingerprint density at radius 3 is 2.27 bits per heavy atom. The topological polar surface area (TPSA) is 112 Å². The third-order valence-corrected chi connectivity index (χ3v) is 7.19. The summed E-state index contributed by atoms with van der Waals surface area (Å²) in [7, 11) is 0. The fourth-order valence-corrected chi connectivity index (χ4v) is 5.93. The largest absolute Gasteiger partial charge is 0.478 e. The van der Waals surface area contributed by atoms with Gasteiger partial charge in [0, 0.05) is 11.5 Å². The predicted molar refractivity (Wildman–Crippen MR) is 93.2 cm³/mol. The van der Waals surface area contributed by atoms with Crippen molar-refractivity contribution in [3.63, 3.8) is 0 Å². The van der Waals surface area contributed by atoms with E-state index in [0.29, 0.717) is 25.7 Å². The minimum Gasteiger partial charge on any atom is -0.478 e. The van der Waals surface area contributed by atoms with E-state index < -0.39 is 46.5 Å². The van der Waals surface area contributed by atoms with E-state index in [0.717, 1.165) is 0 Å². The maximum absolute atomic E-state index is 13.5. The lowest BCUT2D eigenvalue weighted by molar-refractivity contribution is -0.137. The second-order valence-corrected chi connectivity index (χ2v) is 9.13. The molecule has 0 aliphatic heterocycles. The van der Waals surface area contributed by atoms with Crippen LogP contribution in [0.2, 0.25) is 0 Å². The summed E-state index contributed by atoms with van der Waals surface area (Å²) in [6, 6.07) is 0. The maximum atomic E-state index is 13.5. The van der Waals surface area contributed by atoms with Crippen molar-refractivity contribution >= 4 is 17.5 Å². The van der Waals surface area contributed by atoms with Crippen LogP contribution in [0.3, 0.4) is 0 Å². The number of carboxylic acid groups (broad SMARTS) is 1. The van der Waals surface area contributed by atoms with Crippen molar-refractivity contribution in [1.82, 2.24) is 0 Å². The number of aliphatic hydroxyl groups excluding tert-OH is 2. The normalized spacial score (nSPS) is 43.3. The lowest BCUT2D eigenvalue weighted by Crippen LogP contribution is -2.40. The molecule has 6 heteroatoms. The predicted octanol–water partition coefficient (Wildman–Crippen LogP) is 1.73. The van der Waals surface area contributed by atoms with E-state index in [1.54, 1.807) is 0 Å². The fourth-order valence-electron chi connectivity index (χ4n) is 5.93. The second kappa shape index (κ2) is 5.99. The zero-order chi connectivity index (χ0) is 19.6. The number of fused-ring (bicyclic) bond motifs is 2. The number of carboxylic acids is 1. The summed E-state index contributed by atoms with van der Waals surface area (Å²) in [6.45, 7) is 7.62. The summed E-state index contributed by atoms with van der Waals surface area (Å²) in [5.41, 5.74) is -1.53. The van der Waals surface area contributed by atoms with Crippen molar-refractivity contribution in [3.8, 4) is 0 Å². The van der Waals surface area contributed by atoms with Gasteiger partial charge in [-0.3, -0.25) is 9.59 Å². The molecule has 0 radical (unpaired) electrons. The summed E-state index contributed by atoms with van der Waals surface area (Å²) in [5, 5.41) is 30.4. The number of aliphatic hydroxyl groups is 2. The van der Waals surface area contributed by atoms with Gasteiger partial charge in [-0.05, 0) is 42.4 Å². The molecule has 0 aromatic rings. The van der Waals surface area contributed by atoms with Crippen LogP contribution in [0.25, 0.3) is 0 Å². The third-order valence-electron chi connectivity index (χ3n) is 7.19. The zero-order valence-electron chi connectivity index (χ0n) is 15.8. The Bertz CT molecular complexity index is 707. The van der Waals surface area contributed by atoms with Crippen LogP contribution >= 0.6 is 0 Å². The van der Waals surface area contributed by atoms with Crippen LogP contribution < -0.4 is 0 Å². The Kier molecular flexibility index (Phi) is 4.43. The highest BCUT2D eigenvalue weighted by atomic mass is 16.4. The molecule has 144 valence electrons. The standard InChI is InChI=1S/C20H28O6/c1-9(2)12-16(23)17(24)14-15(22)13-11(18(25)26)10(21)5-6-19(13,3)7-8-20(12,14)4/h9-10,12,14,16,21,23H,5-8H2,1-4H3,(H,25,26). The highest BCUT2D eigenvalue weighted by Gasteiger charge is 2.64. The summed E-state index contributed by atoms with van der Waals surface area (Å²) in [6.07, 6.45) is -0.476. The molecule has 26 heavy (non-hydrogen) atoms. The average molecular weight is 364 g/mol. The van der Waals surface area contributed by atoms with Crippen molar-refractivity contribution in [2.45, 2.75) is 65.6 Å². The van der Waals surface area contributed by atoms with Crippen LogP contribution in [-0.2, 0) is 14.4 Å². The lowest BCUT2D eigenvalue weighted by Gasteiger charge is -2.38. The smallest absolute Gasteiger partial charge is 0.334 e. The highest BCUT2D eigenvalue weighted by Crippen LogP contribution is 2.59. The van der Waals surface area contributed by atoms with E-state index in [4.69, 9.17) is 0 Å². The van der Waals surface area contributed by atoms with Crippen LogP contribution in [0.4, 0.5) is 0 Å². The molecule has 6 unspecified atom stereocenters. The molecule has 0 heterocycles. The maximum Gasteiger partial charge on any atom is 0.334 e. The fraction of sp³-hybridized carbons (Fsp3) is 0.750. The molecular weight excluding hydrogens is 336 g/mol. The Morgan fingerprint density at radius 2 is 1.73 bits per heavy atom. The SMILES string of the molecule is CC(C)C1C(O)C(=O)C2C(=O)C3=C(C(=O)O)C(O)CCC3(C)CCC21C. The number of Topliss-reactive ketones (excluding diaryl/α,β-unsaturated/α-hetero) is 2. The molecule has 3 aliphatic carbocycles. The van der Waals surface area contributed by atoms with Gasteiger partial charge >= 0.3 is 5.97 Å². The molecule has 3 aliphatic rings. The Hall–Kier alpha value is -1.53. The minimum atomic E-state index is -1.30. The average Bonchev–Trinajstić information content (AvgIpc) is 2.68. The van der Waals surface area contributed by atoms with Crippen LogP contribution in [0.15, 0.2) is 11.1 Å². The summed E-state index contributed by atoms with van der Waals surface area (Å²) >= 11 is 0. The third kappa shape index (κ3) is 2.42. The first-order valence-corrected chi connectivity index (χ1v) is 9.37. The van der Waals surface area contributed by atoms with Gasteiger partial charge in [0.25, 0.3) is 0 Å². The minimum absolute atomic E-state index is 0.0169. The van der Waals surface area contributed by atoms with Gasteiger partial charge in [0.05, 0.1) is 17.6 Å². The zero-order valence-corrected chi connectivity index (χ0v) is 15.8. The van der Waals surface area contributed by atoms with Gasteiger partial charge in [-0.15, -0.1) is 0 Å². The van der Waals surface area contributed by atoms with Crippen LogP contribution in [0.1, 0.15) is 53.4 Å². The molecular formula is C20H28O6. The number of ketones is 2. The molecule has 3 N–H and O–H groups in total. The van der Waals surface area contributed by atoms with Crippen molar-refractivity contribution < 1.29 is 29.7 Å². The van der Waals surface area contributed by atoms with E-state index >= 15 is 0 Å². The Labute approximate surface area is 153 Å². The molecule has 6 atom stereocenters. The molecule has 0 aromatic heterocycles. The number of hydrogen-bond acceptors (Lipinski definition) is 5. The Morgan fingerprint density at radius 1 is 1.12 bits per heavy atom. The lowest BCUT2D eigenvalue weighted by atomic mass is 9.66. The molecule has 6 nitrogen and oxygen atoms in total. The monoisotopic (exact) mass is 364 g/mol. The van der Waals surface area contributed by atoms with Gasteiger partial charge in [0.15, 0.2) is 11.6 Å². The number of carbonyl (C=O) groups is 3. The van der Waals surface area contributed by atoms with Gasteiger partial charge < -0.3 is 15.3 Å². The first kappa shape index (κ1) is 19.2. The molecule has 2 fully saturated rings. The van der Waals surface area contributed by atoms with E-state index in [1.807, 2.05) is 27.7 Å². The second-order valence-electron chi connectivity index (χ2n) is 9.13. The van der Waals surface area contributed by atoms with Gasteiger partial charge in [-0.1, -0.05) is 27.7 Å².